The van der Waals surface area contributed by atoms with Gasteiger partial charge in [-0.1, -0.05) is 18.2 Å². The van der Waals surface area contributed by atoms with Gasteiger partial charge in [0.05, 0.1) is 5.52 Å². The Balaban J connectivity index is 2.61. The molecular formula is C11H11NS. The first-order valence-electron chi connectivity index (χ1n) is 4.23. The van der Waals surface area contributed by atoms with Gasteiger partial charge in [-0.3, -0.25) is 4.98 Å². The molecule has 0 amide bonds. The van der Waals surface area contributed by atoms with E-state index in [0.717, 1.165) is 11.3 Å². The van der Waals surface area contributed by atoms with Crippen LogP contribution in [0, 0.1) is 0 Å². The average Bonchev–Trinajstić information content (AvgIpc) is 2.19. The van der Waals surface area contributed by atoms with E-state index in [9.17, 15) is 0 Å². The molecule has 0 radical (unpaired) electrons. The van der Waals surface area contributed by atoms with Crippen LogP contribution in [0.2, 0.25) is 0 Å². The molecular weight excluding hydrogens is 178 g/mol. The fraction of sp³-hybridized carbons (Fsp3) is 0.182. The van der Waals surface area contributed by atoms with Crippen LogP contribution in [0.15, 0.2) is 36.5 Å². The second-order valence-electron chi connectivity index (χ2n) is 2.92. The molecule has 2 heteroatoms. The molecule has 0 spiro atoms. The third-order valence-electron chi connectivity index (χ3n) is 2.04. The molecule has 1 heterocycles. The lowest BCUT2D eigenvalue weighted by Gasteiger charge is -2.02. The normalized spacial score (nSPS) is 10.5. The largest absolute Gasteiger partial charge is 0.256 e. The first-order valence-corrected chi connectivity index (χ1v) is 5.63. The molecule has 0 fully saturated rings. The summed E-state index contributed by atoms with van der Waals surface area (Å²) >= 11 is 1.84. The van der Waals surface area contributed by atoms with Gasteiger partial charge >= 0.3 is 0 Å². The summed E-state index contributed by atoms with van der Waals surface area (Å²) in [5.41, 5.74) is 2.46. The Hall–Kier alpha value is -1.02. The first-order chi connectivity index (χ1) is 6.42. The lowest BCUT2D eigenvalue weighted by molar-refractivity contribution is 1.35. The predicted octanol–water partition coefficient (Wildman–Crippen LogP) is 3.10. The number of aromatic nitrogens is 1. The molecule has 0 bridgehead atoms. The summed E-state index contributed by atoms with van der Waals surface area (Å²) in [6, 6.07) is 10.4. The summed E-state index contributed by atoms with van der Waals surface area (Å²) in [5, 5.41) is 1.28. The molecule has 0 N–H and O–H groups in total. The molecule has 2 aromatic rings. The number of hydrogen-bond donors (Lipinski definition) is 0. The standard InChI is InChI=1S/C11H11NS/c1-13-8-9-6-7-12-11-5-3-2-4-10(9)11/h2-7H,8H2,1H3. The van der Waals surface area contributed by atoms with Crippen molar-refractivity contribution in [3.8, 4) is 0 Å². The van der Waals surface area contributed by atoms with Crippen LogP contribution in [0.4, 0.5) is 0 Å². The van der Waals surface area contributed by atoms with Crippen molar-refractivity contribution in [1.82, 2.24) is 4.98 Å². The summed E-state index contributed by atoms with van der Waals surface area (Å²) in [7, 11) is 0. The summed E-state index contributed by atoms with van der Waals surface area (Å²) < 4.78 is 0. The number of rotatable bonds is 2. The molecule has 0 atom stereocenters. The smallest absolute Gasteiger partial charge is 0.0705 e. The summed E-state index contributed by atoms with van der Waals surface area (Å²) in [6.45, 7) is 0. The zero-order valence-corrected chi connectivity index (χ0v) is 8.34. The third kappa shape index (κ3) is 1.68. The highest BCUT2D eigenvalue weighted by Crippen LogP contribution is 2.19. The van der Waals surface area contributed by atoms with Crippen molar-refractivity contribution in [2.75, 3.05) is 6.26 Å². The highest BCUT2D eigenvalue weighted by atomic mass is 32.2. The summed E-state index contributed by atoms with van der Waals surface area (Å²) in [5.74, 6) is 1.06. The van der Waals surface area contributed by atoms with Crippen LogP contribution in [0.3, 0.4) is 0 Å². The zero-order valence-electron chi connectivity index (χ0n) is 7.53. The Bertz CT molecular complexity index is 406. The van der Waals surface area contributed by atoms with Gasteiger partial charge in [-0.2, -0.15) is 11.8 Å². The molecule has 0 unspecified atom stereocenters. The third-order valence-corrected chi connectivity index (χ3v) is 2.64. The number of benzene rings is 1. The van der Waals surface area contributed by atoms with E-state index in [4.69, 9.17) is 0 Å². The van der Waals surface area contributed by atoms with Crippen LogP contribution in [-0.4, -0.2) is 11.2 Å². The SMILES string of the molecule is CSCc1ccnc2ccccc12. The van der Waals surface area contributed by atoms with Gasteiger partial charge in [0.1, 0.15) is 0 Å². The Kier molecular flexibility index (Phi) is 2.50. The second kappa shape index (κ2) is 3.79. The maximum absolute atomic E-state index is 4.31. The van der Waals surface area contributed by atoms with Crippen molar-refractivity contribution in [3.05, 3.63) is 42.1 Å². The molecule has 1 aromatic heterocycles. The first kappa shape index (κ1) is 8.57. The van der Waals surface area contributed by atoms with E-state index in [2.05, 4.69) is 35.5 Å². The number of nitrogens with zero attached hydrogens (tertiary/aromatic N) is 1. The second-order valence-corrected chi connectivity index (χ2v) is 3.79. The van der Waals surface area contributed by atoms with Gasteiger partial charge in [0.2, 0.25) is 0 Å². The van der Waals surface area contributed by atoms with Crippen molar-refractivity contribution < 1.29 is 0 Å². The zero-order chi connectivity index (χ0) is 9.10. The topological polar surface area (TPSA) is 12.9 Å². The van der Waals surface area contributed by atoms with E-state index < -0.39 is 0 Å². The quantitative estimate of drug-likeness (QED) is 0.720. The Morgan fingerprint density at radius 1 is 1.23 bits per heavy atom. The fourth-order valence-corrected chi connectivity index (χ4v) is 2.00. The number of thioether (sulfide) groups is 1. The van der Waals surface area contributed by atoms with Crippen LogP contribution in [0.25, 0.3) is 10.9 Å². The Morgan fingerprint density at radius 3 is 2.92 bits per heavy atom. The molecule has 0 saturated heterocycles. The molecule has 0 saturated carbocycles. The van der Waals surface area contributed by atoms with Crippen LogP contribution in [-0.2, 0) is 5.75 Å². The van der Waals surface area contributed by atoms with Crippen LogP contribution in [0.5, 0.6) is 0 Å². The molecule has 13 heavy (non-hydrogen) atoms. The minimum absolute atomic E-state index is 1.06. The number of pyridine rings is 1. The number of fused-ring (bicyclic) bond motifs is 1. The van der Waals surface area contributed by atoms with E-state index in [1.54, 1.807) is 0 Å². The van der Waals surface area contributed by atoms with Gasteiger partial charge in [0.15, 0.2) is 0 Å². The van der Waals surface area contributed by atoms with Gasteiger partial charge in [-0.15, -0.1) is 0 Å². The van der Waals surface area contributed by atoms with Gasteiger partial charge in [0.25, 0.3) is 0 Å². The highest BCUT2D eigenvalue weighted by Gasteiger charge is 1.98. The molecule has 0 aliphatic heterocycles. The Morgan fingerprint density at radius 2 is 2.08 bits per heavy atom. The van der Waals surface area contributed by atoms with Gasteiger partial charge in [-0.05, 0) is 24.0 Å². The van der Waals surface area contributed by atoms with Gasteiger partial charge in [-0.25, -0.2) is 0 Å². The minimum atomic E-state index is 1.06. The highest BCUT2D eigenvalue weighted by molar-refractivity contribution is 7.97. The molecule has 1 nitrogen and oxygen atoms in total. The van der Waals surface area contributed by atoms with Crippen molar-refractivity contribution in [3.63, 3.8) is 0 Å². The predicted molar refractivity (Wildman–Crippen MR) is 59.0 cm³/mol. The van der Waals surface area contributed by atoms with Gasteiger partial charge < -0.3 is 0 Å². The van der Waals surface area contributed by atoms with Crippen LogP contribution >= 0.6 is 11.8 Å². The Labute approximate surface area is 82.2 Å². The van der Waals surface area contributed by atoms with E-state index in [0.29, 0.717) is 0 Å². The van der Waals surface area contributed by atoms with E-state index in [1.807, 2.05) is 24.0 Å². The molecule has 2 rings (SSSR count). The van der Waals surface area contributed by atoms with Gasteiger partial charge in [0, 0.05) is 17.3 Å². The maximum Gasteiger partial charge on any atom is 0.0705 e. The van der Waals surface area contributed by atoms with Crippen molar-refractivity contribution in [1.29, 1.82) is 0 Å². The van der Waals surface area contributed by atoms with Crippen molar-refractivity contribution >= 4 is 22.7 Å². The molecule has 1 aromatic carbocycles. The number of para-hydroxylation sites is 1. The van der Waals surface area contributed by atoms with E-state index >= 15 is 0 Å². The number of hydrogen-bond acceptors (Lipinski definition) is 2. The van der Waals surface area contributed by atoms with E-state index in [-0.39, 0.29) is 0 Å². The lowest BCUT2D eigenvalue weighted by atomic mass is 10.1. The summed E-state index contributed by atoms with van der Waals surface area (Å²) in [4.78, 5) is 4.31. The monoisotopic (exact) mass is 189 g/mol. The van der Waals surface area contributed by atoms with Crippen LogP contribution in [0.1, 0.15) is 5.56 Å². The van der Waals surface area contributed by atoms with E-state index in [1.165, 1.54) is 10.9 Å². The fourth-order valence-electron chi connectivity index (χ4n) is 1.44. The molecule has 0 aliphatic carbocycles. The van der Waals surface area contributed by atoms with Crippen LogP contribution < -0.4 is 0 Å². The summed E-state index contributed by atoms with van der Waals surface area (Å²) in [6.07, 6.45) is 4.00. The maximum atomic E-state index is 4.31. The van der Waals surface area contributed by atoms with Crippen molar-refractivity contribution in [2.45, 2.75) is 5.75 Å². The lowest BCUT2D eigenvalue weighted by Crippen LogP contribution is -1.85. The van der Waals surface area contributed by atoms with Crippen molar-refractivity contribution in [2.24, 2.45) is 0 Å². The average molecular weight is 189 g/mol. The molecule has 0 aliphatic rings. The molecule has 66 valence electrons. The minimum Gasteiger partial charge on any atom is -0.256 e.